The predicted molar refractivity (Wildman–Crippen MR) is 58.6 cm³/mol. The van der Waals surface area contributed by atoms with Gasteiger partial charge in [-0.15, -0.1) is 0 Å². The first kappa shape index (κ1) is 11.0. The fourth-order valence-corrected chi connectivity index (χ4v) is 2.93. The molecule has 1 saturated carbocycles. The molecule has 2 N–H and O–H groups in total. The van der Waals surface area contributed by atoms with Gasteiger partial charge in [-0.1, -0.05) is 33.1 Å². The Labute approximate surface area is 83.1 Å². The Morgan fingerprint density at radius 2 is 2.15 bits per heavy atom. The van der Waals surface area contributed by atoms with Crippen molar-refractivity contribution in [1.82, 2.24) is 0 Å². The average molecular weight is 183 g/mol. The third-order valence-electron chi connectivity index (χ3n) is 4.23. The highest BCUT2D eigenvalue weighted by Gasteiger charge is 2.36. The Balaban J connectivity index is 2.64. The smallest absolute Gasteiger partial charge is 0.00670 e. The Hall–Kier alpha value is -0.0400. The zero-order valence-electron chi connectivity index (χ0n) is 9.47. The molecule has 3 unspecified atom stereocenters. The summed E-state index contributed by atoms with van der Waals surface area (Å²) in [7, 11) is 0. The van der Waals surface area contributed by atoms with E-state index in [4.69, 9.17) is 5.73 Å². The lowest BCUT2D eigenvalue weighted by molar-refractivity contribution is 0.103. The lowest BCUT2D eigenvalue weighted by Gasteiger charge is -2.43. The van der Waals surface area contributed by atoms with Crippen molar-refractivity contribution in [2.24, 2.45) is 17.1 Å². The summed E-state index contributed by atoms with van der Waals surface area (Å²) in [5, 5.41) is 0. The zero-order chi connectivity index (χ0) is 9.90. The Morgan fingerprint density at radius 3 is 2.62 bits per heavy atom. The first-order valence-corrected chi connectivity index (χ1v) is 5.90. The lowest BCUT2D eigenvalue weighted by Crippen LogP contribution is -2.42. The molecular formula is C12H25N. The predicted octanol–water partition coefficient (Wildman–Crippen LogP) is 3.33. The van der Waals surface area contributed by atoms with Crippen LogP contribution < -0.4 is 5.73 Å². The quantitative estimate of drug-likeness (QED) is 0.713. The third-order valence-corrected chi connectivity index (χ3v) is 4.23. The van der Waals surface area contributed by atoms with Crippen molar-refractivity contribution in [3.05, 3.63) is 0 Å². The van der Waals surface area contributed by atoms with Crippen LogP contribution in [0, 0.1) is 11.3 Å². The largest absolute Gasteiger partial charge is 0.327 e. The van der Waals surface area contributed by atoms with E-state index in [-0.39, 0.29) is 0 Å². The minimum atomic E-state index is 0.381. The number of rotatable bonds is 3. The van der Waals surface area contributed by atoms with Crippen LogP contribution in [0.1, 0.15) is 59.3 Å². The second-order valence-corrected chi connectivity index (χ2v) is 4.88. The fraction of sp³-hybridized carbons (Fsp3) is 1.00. The fourth-order valence-electron chi connectivity index (χ4n) is 2.93. The van der Waals surface area contributed by atoms with Gasteiger partial charge < -0.3 is 5.73 Å². The van der Waals surface area contributed by atoms with E-state index in [2.05, 4.69) is 20.8 Å². The van der Waals surface area contributed by atoms with E-state index in [0.29, 0.717) is 11.5 Å². The summed E-state index contributed by atoms with van der Waals surface area (Å²) in [4.78, 5) is 0. The summed E-state index contributed by atoms with van der Waals surface area (Å²) >= 11 is 0. The van der Waals surface area contributed by atoms with E-state index >= 15 is 0 Å². The Kier molecular flexibility index (Phi) is 3.78. The second kappa shape index (κ2) is 4.45. The van der Waals surface area contributed by atoms with Crippen LogP contribution in [0.3, 0.4) is 0 Å². The van der Waals surface area contributed by atoms with E-state index in [9.17, 15) is 0 Å². The van der Waals surface area contributed by atoms with Gasteiger partial charge in [0, 0.05) is 6.04 Å². The average Bonchev–Trinajstić information content (AvgIpc) is 2.17. The van der Waals surface area contributed by atoms with Gasteiger partial charge in [-0.3, -0.25) is 0 Å². The molecule has 0 amide bonds. The number of hydrogen-bond acceptors (Lipinski definition) is 1. The second-order valence-electron chi connectivity index (χ2n) is 4.88. The first-order chi connectivity index (χ1) is 6.14. The molecule has 0 aliphatic heterocycles. The molecule has 0 aromatic carbocycles. The highest BCUT2D eigenvalue weighted by Crippen LogP contribution is 2.44. The van der Waals surface area contributed by atoms with Crippen LogP contribution in [0.4, 0.5) is 0 Å². The summed E-state index contributed by atoms with van der Waals surface area (Å²) in [5.41, 5.74) is 6.60. The molecule has 1 aliphatic rings. The zero-order valence-corrected chi connectivity index (χ0v) is 9.47. The highest BCUT2D eigenvalue weighted by atomic mass is 14.7. The Morgan fingerprint density at radius 1 is 1.46 bits per heavy atom. The monoisotopic (exact) mass is 183 g/mol. The van der Waals surface area contributed by atoms with E-state index in [1.807, 2.05) is 0 Å². The maximum Gasteiger partial charge on any atom is 0.00670 e. The van der Waals surface area contributed by atoms with Gasteiger partial charge in [-0.2, -0.15) is 0 Å². The van der Waals surface area contributed by atoms with Crippen molar-refractivity contribution in [2.45, 2.75) is 65.3 Å². The summed E-state index contributed by atoms with van der Waals surface area (Å²) in [6.45, 7) is 6.82. The summed E-state index contributed by atoms with van der Waals surface area (Å²) in [6.07, 6.45) is 8.17. The molecule has 13 heavy (non-hydrogen) atoms. The summed E-state index contributed by atoms with van der Waals surface area (Å²) in [5.74, 6) is 0.944. The van der Waals surface area contributed by atoms with Crippen LogP contribution in [-0.2, 0) is 0 Å². The molecule has 78 valence electrons. The maximum atomic E-state index is 6.13. The standard InChI is InChI=1S/C12H25N/c1-4-11-7-6-8-12(5-2,9-11)10(3)13/h10-11H,4-9,13H2,1-3H3. The maximum absolute atomic E-state index is 6.13. The highest BCUT2D eigenvalue weighted by molar-refractivity contribution is 4.90. The topological polar surface area (TPSA) is 26.0 Å². The number of nitrogens with two attached hydrogens (primary N) is 1. The van der Waals surface area contributed by atoms with Crippen LogP contribution in [-0.4, -0.2) is 6.04 Å². The van der Waals surface area contributed by atoms with E-state index in [1.165, 1.54) is 38.5 Å². The lowest BCUT2D eigenvalue weighted by atomic mass is 9.64. The molecule has 0 aromatic heterocycles. The van der Waals surface area contributed by atoms with Gasteiger partial charge in [0.05, 0.1) is 0 Å². The molecule has 1 rings (SSSR count). The van der Waals surface area contributed by atoms with E-state index in [1.54, 1.807) is 0 Å². The third kappa shape index (κ3) is 2.25. The van der Waals surface area contributed by atoms with Gasteiger partial charge in [0.1, 0.15) is 0 Å². The van der Waals surface area contributed by atoms with Gasteiger partial charge in [0.2, 0.25) is 0 Å². The van der Waals surface area contributed by atoms with Gasteiger partial charge in [-0.05, 0) is 37.5 Å². The van der Waals surface area contributed by atoms with Crippen molar-refractivity contribution in [2.75, 3.05) is 0 Å². The van der Waals surface area contributed by atoms with Crippen LogP contribution in [0.15, 0.2) is 0 Å². The molecule has 0 radical (unpaired) electrons. The molecule has 1 heteroatoms. The molecule has 0 saturated heterocycles. The van der Waals surface area contributed by atoms with Crippen LogP contribution in [0.2, 0.25) is 0 Å². The van der Waals surface area contributed by atoms with Crippen molar-refractivity contribution in [3.63, 3.8) is 0 Å². The molecule has 0 bridgehead atoms. The van der Waals surface area contributed by atoms with Crippen LogP contribution >= 0.6 is 0 Å². The van der Waals surface area contributed by atoms with E-state index < -0.39 is 0 Å². The molecule has 1 nitrogen and oxygen atoms in total. The number of hydrogen-bond donors (Lipinski definition) is 1. The molecule has 0 heterocycles. The Bertz CT molecular complexity index is 153. The summed E-state index contributed by atoms with van der Waals surface area (Å²) < 4.78 is 0. The van der Waals surface area contributed by atoms with Crippen molar-refractivity contribution in [3.8, 4) is 0 Å². The van der Waals surface area contributed by atoms with Gasteiger partial charge in [-0.25, -0.2) is 0 Å². The summed E-state index contributed by atoms with van der Waals surface area (Å²) in [6, 6.07) is 0.381. The molecule has 0 aromatic rings. The minimum absolute atomic E-state index is 0.381. The van der Waals surface area contributed by atoms with Crippen molar-refractivity contribution in [1.29, 1.82) is 0 Å². The molecule has 1 fully saturated rings. The van der Waals surface area contributed by atoms with Gasteiger partial charge >= 0.3 is 0 Å². The minimum Gasteiger partial charge on any atom is -0.327 e. The van der Waals surface area contributed by atoms with Crippen LogP contribution in [0.25, 0.3) is 0 Å². The SMILES string of the molecule is CCC1CCCC(CC)(C(C)N)C1. The van der Waals surface area contributed by atoms with Crippen molar-refractivity contribution < 1.29 is 0 Å². The van der Waals surface area contributed by atoms with Gasteiger partial charge in [0.25, 0.3) is 0 Å². The van der Waals surface area contributed by atoms with Crippen molar-refractivity contribution >= 4 is 0 Å². The van der Waals surface area contributed by atoms with Crippen LogP contribution in [0.5, 0.6) is 0 Å². The molecular weight excluding hydrogens is 158 g/mol. The van der Waals surface area contributed by atoms with E-state index in [0.717, 1.165) is 5.92 Å². The molecule has 1 aliphatic carbocycles. The first-order valence-electron chi connectivity index (χ1n) is 5.90. The molecule has 0 spiro atoms. The van der Waals surface area contributed by atoms with Gasteiger partial charge in [0.15, 0.2) is 0 Å². The normalized spacial score (nSPS) is 37.4. The molecule has 3 atom stereocenters.